The van der Waals surface area contributed by atoms with Crippen molar-refractivity contribution in [2.75, 3.05) is 39.6 Å². The highest BCUT2D eigenvalue weighted by molar-refractivity contribution is 7.47. The first kappa shape index (κ1) is 102. The monoisotopic (exact) mass is 1520 g/mol. The Morgan fingerprint density at radius 1 is 0.269 bits per heavy atom. The molecule has 0 saturated heterocycles. The number of ether oxygens (including phenoxy) is 4. The zero-order valence-corrected chi connectivity index (χ0v) is 70.5. The molecule has 0 aromatic rings. The summed E-state index contributed by atoms with van der Waals surface area (Å²) >= 11 is 0. The Hall–Kier alpha value is -1.94. The van der Waals surface area contributed by atoms with Crippen molar-refractivity contribution in [1.29, 1.82) is 0 Å². The van der Waals surface area contributed by atoms with Gasteiger partial charge >= 0.3 is 39.5 Å². The number of phosphoric acid groups is 2. The predicted octanol–water partition coefficient (Wildman–Crippen LogP) is 25.6. The van der Waals surface area contributed by atoms with Gasteiger partial charge in [0.05, 0.1) is 26.4 Å². The molecule has 0 spiro atoms. The largest absolute Gasteiger partial charge is 0.472 e. The molecule has 3 N–H and O–H groups in total. The minimum absolute atomic E-state index is 0.105. The second-order valence-corrected chi connectivity index (χ2v) is 35.2. The van der Waals surface area contributed by atoms with Gasteiger partial charge in [0.1, 0.15) is 19.3 Å². The van der Waals surface area contributed by atoms with Crippen LogP contribution in [0.3, 0.4) is 0 Å². The van der Waals surface area contributed by atoms with Crippen molar-refractivity contribution in [1.82, 2.24) is 0 Å². The van der Waals surface area contributed by atoms with Gasteiger partial charge in [-0.3, -0.25) is 37.3 Å². The van der Waals surface area contributed by atoms with E-state index in [1.807, 2.05) is 0 Å². The van der Waals surface area contributed by atoms with Crippen LogP contribution in [0.4, 0.5) is 0 Å². The topological polar surface area (TPSA) is 237 Å². The third-order valence-corrected chi connectivity index (χ3v) is 22.1. The summed E-state index contributed by atoms with van der Waals surface area (Å²) in [5.41, 5.74) is 0. The summed E-state index contributed by atoms with van der Waals surface area (Å²) in [6, 6.07) is 0. The van der Waals surface area contributed by atoms with Gasteiger partial charge in [-0.25, -0.2) is 9.13 Å². The van der Waals surface area contributed by atoms with Crippen molar-refractivity contribution >= 4 is 39.5 Å². The molecule has 0 saturated carbocycles. The molecular weight excluding hydrogens is 1350 g/mol. The molecule has 0 fully saturated rings. The molecule has 3 unspecified atom stereocenters. The van der Waals surface area contributed by atoms with Gasteiger partial charge in [0.25, 0.3) is 0 Å². The molecule has 0 radical (unpaired) electrons. The number of rotatable bonds is 82. The van der Waals surface area contributed by atoms with E-state index < -0.39 is 97.5 Å². The summed E-state index contributed by atoms with van der Waals surface area (Å²) in [6.45, 7) is 14.3. The number of aliphatic hydroxyl groups is 1. The van der Waals surface area contributed by atoms with Crippen LogP contribution in [0.25, 0.3) is 0 Å². The number of aliphatic hydroxyl groups excluding tert-OH is 1. The number of unbranched alkanes of at least 4 members (excludes halogenated alkanes) is 47. The highest BCUT2D eigenvalue weighted by Gasteiger charge is 2.30. The maximum Gasteiger partial charge on any atom is 0.472 e. The van der Waals surface area contributed by atoms with E-state index in [1.165, 1.54) is 244 Å². The molecule has 0 rings (SSSR count). The molecule has 618 valence electrons. The summed E-state index contributed by atoms with van der Waals surface area (Å²) in [5, 5.41) is 10.7. The van der Waals surface area contributed by atoms with Crippen LogP contribution in [0.15, 0.2) is 0 Å². The van der Waals surface area contributed by atoms with Gasteiger partial charge < -0.3 is 33.8 Å². The van der Waals surface area contributed by atoms with Crippen molar-refractivity contribution < 1.29 is 80.2 Å². The molecule has 17 nitrogen and oxygen atoms in total. The van der Waals surface area contributed by atoms with E-state index in [0.29, 0.717) is 25.7 Å². The highest BCUT2D eigenvalue weighted by Crippen LogP contribution is 2.45. The van der Waals surface area contributed by atoms with E-state index in [0.717, 1.165) is 114 Å². The van der Waals surface area contributed by atoms with Crippen LogP contribution in [0.2, 0.25) is 0 Å². The lowest BCUT2D eigenvalue weighted by Gasteiger charge is -2.21. The lowest BCUT2D eigenvalue weighted by molar-refractivity contribution is -0.161. The lowest BCUT2D eigenvalue weighted by atomic mass is 9.99. The van der Waals surface area contributed by atoms with E-state index >= 15 is 0 Å². The second-order valence-electron chi connectivity index (χ2n) is 32.2. The first-order valence-electron chi connectivity index (χ1n) is 43.7. The predicted molar refractivity (Wildman–Crippen MR) is 428 cm³/mol. The van der Waals surface area contributed by atoms with Gasteiger partial charge in [0.2, 0.25) is 0 Å². The van der Waals surface area contributed by atoms with Gasteiger partial charge in [-0.05, 0) is 49.4 Å². The van der Waals surface area contributed by atoms with Crippen LogP contribution in [0.1, 0.15) is 441 Å². The minimum Gasteiger partial charge on any atom is -0.462 e. The molecule has 104 heavy (non-hydrogen) atoms. The summed E-state index contributed by atoms with van der Waals surface area (Å²) < 4.78 is 68.8. The normalized spacial score (nSPS) is 14.2. The Morgan fingerprint density at radius 2 is 0.462 bits per heavy atom. The van der Waals surface area contributed by atoms with Crippen molar-refractivity contribution in [3.63, 3.8) is 0 Å². The Bertz CT molecular complexity index is 2030. The maximum absolute atomic E-state index is 13.1. The molecular formula is C85H166O17P2. The van der Waals surface area contributed by atoms with Crippen molar-refractivity contribution in [3.8, 4) is 0 Å². The van der Waals surface area contributed by atoms with Gasteiger partial charge in [-0.15, -0.1) is 0 Å². The maximum atomic E-state index is 13.1. The quantitative estimate of drug-likeness (QED) is 0.0222. The third kappa shape index (κ3) is 76.8. The molecule has 0 aromatic heterocycles. The van der Waals surface area contributed by atoms with E-state index in [-0.39, 0.29) is 25.7 Å². The van der Waals surface area contributed by atoms with Crippen LogP contribution >= 0.6 is 15.6 Å². The number of carbonyl (C=O) groups is 4. The first-order chi connectivity index (χ1) is 50.1. The fourth-order valence-corrected chi connectivity index (χ4v) is 14.7. The smallest absolute Gasteiger partial charge is 0.462 e. The van der Waals surface area contributed by atoms with E-state index in [2.05, 4.69) is 55.4 Å². The van der Waals surface area contributed by atoms with Gasteiger partial charge in [-0.1, -0.05) is 389 Å². The summed E-state index contributed by atoms with van der Waals surface area (Å²) in [7, 11) is -9.93. The summed E-state index contributed by atoms with van der Waals surface area (Å²) in [5.74, 6) is 1.04. The fraction of sp³-hybridized carbons (Fsp3) is 0.953. The molecule has 19 heteroatoms. The van der Waals surface area contributed by atoms with Crippen LogP contribution < -0.4 is 0 Å². The van der Waals surface area contributed by atoms with Crippen LogP contribution in [0, 0.1) is 23.7 Å². The van der Waals surface area contributed by atoms with Gasteiger partial charge in [0, 0.05) is 25.7 Å². The molecule has 6 atom stereocenters. The average Bonchev–Trinajstić information content (AvgIpc) is 0.953. The zero-order chi connectivity index (χ0) is 76.7. The highest BCUT2D eigenvalue weighted by atomic mass is 31.2. The second kappa shape index (κ2) is 73.8. The standard InChI is InChI=1S/C85H166O17P2/c1-9-78(8)64-56-48-40-35-36-42-50-58-66-83(88)96-72-81(102-85(90)68-60-52-44-34-28-31-39-47-55-63-77(6)7)74-100-104(93,94)98-70-79(86)69-97-103(91,92)99-73-80(71-95-82(87)65-57-49-41-32-26-22-18-15-14-17-21-25-30-38-46-54-62-76(4)5)101-84(89)67-59-51-43-33-27-23-19-13-11-10-12-16-20-24-29-37-45-53-61-75(2)3/h75-81,86H,9-74H2,1-8H3,(H,91,92)(H,93,94)/t78?,79-,80-,81-/m1/s1. The first-order valence-corrected chi connectivity index (χ1v) is 46.7. The Balaban J connectivity index is 5.24. The molecule has 0 aliphatic heterocycles. The SMILES string of the molecule is CCC(C)CCCCCCCCCCC(=O)OC[C@H](COP(=O)(O)OC[C@H](O)COP(=O)(O)OC[C@@H](COC(=O)CCCCCCCCCCCCCCCCCCC(C)C)OC(=O)CCCCCCCCCCCCCCCCCCCCC(C)C)OC(=O)CCCCCCCCCCCC(C)C. The minimum atomic E-state index is -4.97. The summed E-state index contributed by atoms with van der Waals surface area (Å²) in [4.78, 5) is 73.2. The average molecular weight is 1520 g/mol. The third-order valence-electron chi connectivity index (χ3n) is 20.2. The van der Waals surface area contributed by atoms with Crippen LogP contribution in [-0.2, 0) is 65.4 Å². The van der Waals surface area contributed by atoms with Gasteiger partial charge in [-0.2, -0.15) is 0 Å². The molecule has 0 aromatic carbocycles. The number of esters is 4. The van der Waals surface area contributed by atoms with Gasteiger partial charge in [0.15, 0.2) is 12.2 Å². The van der Waals surface area contributed by atoms with E-state index in [1.54, 1.807) is 0 Å². The number of hydrogen-bond acceptors (Lipinski definition) is 15. The molecule has 0 heterocycles. The number of hydrogen-bond donors (Lipinski definition) is 3. The number of phosphoric ester groups is 2. The Kier molecular flexibility index (Phi) is 72.5. The summed E-state index contributed by atoms with van der Waals surface area (Å²) in [6.07, 6.45) is 62.5. The fourth-order valence-electron chi connectivity index (χ4n) is 13.1. The van der Waals surface area contributed by atoms with Crippen LogP contribution in [0.5, 0.6) is 0 Å². The lowest BCUT2D eigenvalue weighted by Crippen LogP contribution is -2.30. The molecule has 0 amide bonds. The molecule has 0 aliphatic rings. The van der Waals surface area contributed by atoms with E-state index in [9.17, 15) is 43.2 Å². The van der Waals surface area contributed by atoms with Crippen LogP contribution in [-0.4, -0.2) is 96.7 Å². The van der Waals surface area contributed by atoms with E-state index in [4.69, 9.17) is 37.0 Å². The van der Waals surface area contributed by atoms with Crippen molar-refractivity contribution in [2.24, 2.45) is 23.7 Å². The molecule has 0 bridgehead atoms. The Morgan fingerprint density at radius 3 is 0.683 bits per heavy atom. The van der Waals surface area contributed by atoms with Crippen molar-refractivity contribution in [3.05, 3.63) is 0 Å². The van der Waals surface area contributed by atoms with Crippen molar-refractivity contribution in [2.45, 2.75) is 459 Å². The molecule has 0 aliphatic carbocycles. The number of carbonyl (C=O) groups excluding carboxylic acids is 4. The Labute approximate surface area is 638 Å². The zero-order valence-electron chi connectivity index (χ0n) is 68.7.